The Kier molecular flexibility index (Phi) is 8.93. The second-order valence-corrected chi connectivity index (χ2v) is 11.4. The van der Waals surface area contributed by atoms with Crippen molar-refractivity contribution in [2.75, 3.05) is 41.3 Å². The maximum atomic E-state index is 13.1. The number of benzene rings is 3. The van der Waals surface area contributed by atoms with Gasteiger partial charge in [-0.2, -0.15) is 13.2 Å². The van der Waals surface area contributed by atoms with Crippen LogP contribution in [-0.4, -0.2) is 42.1 Å². The molecule has 0 radical (unpaired) electrons. The Morgan fingerprint density at radius 1 is 0.905 bits per heavy atom. The SMILES string of the molecule is Cc1ccc(NC(=O)c2ccc(CSc3nc(Cl)cc(N4CCN(c5cccc(C(F)(F)F)c5)CC4)n3)cc2)cc1C. The summed E-state index contributed by atoms with van der Waals surface area (Å²) < 4.78 is 39.4. The number of aryl methyl sites for hydroxylation is 2. The first kappa shape index (κ1) is 29.7. The molecule has 0 aliphatic carbocycles. The number of aromatic nitrogens is 2. The fourth-order valence-electron chi connectivity index (χ4n) is 4.61. The molecule has 1 aromatic heterocycles. The molecule has 0 saturated carbocycles. The fourth-order valence-corrected chi connectivity index (χ4v) is 5.64. The molecule has 0 spiro atoms. The molecule has 1 fully saturated rings. The molecule has 42 heavy (non-hydrogen) atoms. The molecule has 11 heteroatoms. The predicted molar refractivity (Wildman–Crippen MR) is 163 cm³/mol. The van der Waals surface area contributed by atoms with Crippen molar-refractivity contribution >= 4 is 46.5 Å². The van der Waals surface area contributed by atoms with Gasteiger partial charge in [-0.25, -0.2) is 9.97 Å². The molecular formula is C31H29ClF3N5OS. The van der Waals surface area contributed by atoms with Gasteiger partial charge in [-0.3, -0.25) is 4.79 Å². The van der Waals surface area contributed by atoms with Crippen molar-refractivity contribution in [3.05, 3.63) is 106 Å². The number of carbonyl (C=O) groups excluding carboxylic acids is 1. The number of rotatable bonds is 7. The van der Waals surface area contributed by atoms with Gasteiger partial charge in [0.2, 0.25) is 0 Å². The maximum absolute atomic E-state index is 13.1. The highest BCUT2D eigenvalue weighted by atomic mass is 35.5. The Morgan fingerprint density at radius 2 is 1.62 bits per heavy atom. The van der Waals surface area contributed by atoms with Gasteiger partial charge in [-0.05, 0) is 73.0 Å². The summed E-state index contributed by atoms with van der Waals surface area (Å²) in [5, 5.41) is 3.78. The van der Waals surface area contributed by atoms with E-state index in [2.05, 4.69) is 20.2 Å². The molecule has 5 rings (SSSR count). The van der Waals surface area contributed by atoms with Gasteiger partial charge in [0.1, 0.15) is 11.0 Å². The van der Waals surface area contributed by atoms with Crippen LogP contribution in [0, 0.1) is 13.8 Å². The minimum Gasteiger partial charge on any atom is -0.368 e. The van der Waals surface area contributed by atoms with Gasteiger partial charge >= 0.3 is 6.18 Å². The number of carbonyl (C=O) groups is 1. The van der Waals surface area contributed by atoms with Crippen LogP contribution < -0.4 is 15.1 Å². The number of alkyl halides is 3. The minimum atomic E-state index is -4.37. The zero-order valence-electron chi connectivity index (χ0n) is 23.1. The average Bonchev–Trinajstić information content (AvgIpc) is 2.98. The molecule has 4 aromatic rings. The van der Waals surface area contributed by atoms with Crippen molar-refractivity contribution in [1.82, 2.24) is 9.97 Å². The lowest BCUT2D eigenvalue weighted by molar-refractivity contribution is -0.137. The smallest absolute Gasteiger partial charge is 0.368 e. The molecule has 1 aliphatic rings. The highest BCUT2D eigenvalue weighted by Crippen LogP contribution is 2.32. The van der Waals surface area contributed by atoms with Crippen molar-refractivity contribution in [2.24, 2.45) is 0 Å². The molecule has 2 heterocycles. The van der Waals surface area contributed by atoms with Crippen molar-refractivity contribution in [3.63, 3.8) is 0 Å². The first-order valence-electron chi connectivity index (χ1n) is 13.4. The van der Waals surface area contributed by atoms with Crippen LogP contribution in [0.1, 0.15) is 32.6 Å². The molecule has 6 nitrogen and oxygen atoms in total. The maximum Gasteiger partial charge on any atom is 0.416 e. The van der Waals surface area contributed by atoms with Crippen molar-refractivity contribution in [2.45, 2.75) is 30.9 Å². The van der Waals surface area contributed by atoms with Gasteiger partial charge in [0.15, 0.2) is 5.16 Å². The molecule has 0 bridgehead atoms. The van der Waals surface area contributed by atoms with E-state index >= 15 is 0 Å². The number of amides is 1. The Balaban J connectivity index is 1.17. The van der Waals surface area contributed by atoms with E-state index in [-0.39, 0.29) is 5.91 Å². The highest BCUT2D eigenvalue weighted by molar-refractivity contribution is 7.98. The first-order valence-corrected chi connectivity index (χ1v) is 14.7. The number of thioether (sulfide) groups is 1. The number of piperazine rings is 1. The number of halogens is 4. The van der Waals surface area contributed by atoms with Gasteiger partial charge in [0, 0.05) is 54.9 Å². The number of nitrogens with one attached hydrogen (secondary N) is 1. The van der Waals surface area contributed by atoms with Gasteiger partial charge in [0.05, 0.1) is 5.56 Å². The predicted octanol–water partition coefficient (Wildman–Crippen LogP) is 7.64. The zero-order valence-corrected chi connectivity index (χ0v) is 24.7. The van der Waals surface area contributed by atoms with Crippen LogP contribution in [0.2, 0.25) is 5.15 Å². The van der Waals surface area contributed by atoms with Gasteiger partial charge in [-0.1, -0.05) is 47.6 Å². The third-order valence-electron chi connectivity index (χ3n) is 7.15. The summed E-state index contributed by atoms with van der Waals surface area (Å²) in [6, 6.07) is 20.3. The van der Waals surface area contributed by atoms with Crippen LogP contribution in [0.3, 0.4) is 0 Å². The normalized spacial score (nSPS) is 13.8. The topological polar surface area (TPSA) is 61.4 Å². The minimum absolute atomic E-state index is 0.173. The highest BCUT2D eigenvalue weighted by Gasteiger charge is 2.31. The molecule has 218 valence electrons. The van der Waals surface area contributed by atoms with E-state index in [0.717, 1.165) is 22.9 Å². The summed E-state index contributed by atoms with van der Waals surface area (Å²) in [7, 11) is 0. The lowest BCUT2D eigenvalue weighted by Crippen LogP contribution is -2.47. The molecule has 0 atom stereocenters. The first-order chi connectivity index (χ1) is 20.0. The monoisotopic (exact) mass is 611 g/mol. The molecule has 1 amide bonds. The van der Waals surface area contributed by atoms with Crippen LogP contribution in [0.15, 0.2) is 78.0 Å². The molecule has 3 aromatic carbocycles. The van der Waals surface area contributed by atoms with Crippen molar-refractivity contribution in [3.8, 4) is 0 Å². The van der Waals surface area contributed by atoms with E-state index in [4.69, 9.17) is 11.6 Å². The summed E-state index contributed by atoms with van der Waals surface area (Å²) in [6.45, 7) is 6.30. The van der Waals surface area contributed by atoms with Crippen LogP contribution in [-0.2, 0) is 11.9 Å². The Hall–Kier alpha value is -3.76. The van der Waals surface area contributed by atoms with Crippen LogP contribution in [0.5, 0.6) is 0 Å². The Morgan fingerprint density at radius 3 is 2.31 bits per heavy atom. The molecule has 1 aliphatic heterocycles. The van der Waals surface area contributed by atoms with Gasteiger partial charge < -0.3 is 15.1 Å². The van der Waals surface area contributed by atoms with E-state index in [0.29, 0.717) is 59.3 Å². The number of hydrogen-bond donors (Lipinski definition) is 1. The summed E-state index contributed by atoms with van der Waals surface area (Å²) in [5.41, 5.74) is 4.51. The Labute approximate surface area is 251 Å². The van der Waals surface area contributed by atoms with Gasteiger partial charge in [-0.15, -0.1) is 0 Å². The molecular weight excluding hydrogens is 583 g/mol. The molecule has 1 N–H and O–H groups in total. The lowest BCUT2D eigenvalue weighted by Gasteiger charge is -2.37. The van der Waals surface area contributed by atoms with Crippen LogP contribution >= 0.6 is 23.4 Å². The lowest BCUT2D eigenvalue weighted by atomic mass is 10.1. The second-order valence-electron chi connectivity index (χ2n) is 10.1. The number of hydrogen-bond acceptors (Lipinski definition) is 6. The fraction of sp³-hybridized carbons (Fsp3) is 0.258. The third kappa shape index (κ3) is 7.35. The largest absolute Gasteiger partial charge is 0.416 e. The zero-order chi connectivity index (χ0) is 29.9. The molecule has 1 saturated heterocycles. The van der Waals surface area contributed by atoms with E-state index < -0.39 is 11.7 Å². The quantitative estimate of drug-likeness (QED) is 0.132. The number of anilines is 3. The summed E-state index contributed by atoms with van der Waals surface area (Å²) in [4.78, 5) is 25.7. The van der Waals surface area contributed by atoms with E-state index in [1.54, 1.807) is 24.3 Å². The summed E-state index contributed by atoms with van der Waals surface area (Å²) in [6.07, 6.45) is -4.37. The van der Waals surface area contributed by atoms with E-state index in [9.17, 15) is 18.0 Å². The second kappa shape index (κ2) is 12.6. The Bertz CT molecular complexity index is 1570. The average molecular weight is 612 g/mol. The van der Waals surface area contributed by atoms with Crippen LogP contribution in [0.25, 0.3) is 0 Å². The van der Waals surface area contributed by atoms with E-state index in [1.807, 2.05) is 49.1 Å². The standard InChI is InChI=1S/C31H29ClF3N5OS/c1-20-6-11-25(16-21(20)2)36-29(41)23-9-7-22(8-10-23)19-42-30-37-27(32)18-28(38-30)40-14-12-39(13-15-40)26-5-3-4-24(17-26)31(33,34)35/h3-11,16-18H,12-15,19H2,1-2H3,(H,36,41). The molecule has 0 unspecified atom stereocenters. The number of nitrogens with zero attached hydrogens (tertiary/aromatic N) is 4. The third-order valence-corrected chi connectivity index (χ3v) is 8.26. The summed E-state index contributed by atoms with van der Waals surface area (Å²) >= 11 is 7.76. The van der Waals surface area contributed by atoms with Crippen molar-refractivity contribution in [1.29, 1.82) is 0 Å². The summed E-state index contributed by atoms with van der Waals surface area (Å²) in [5.74, 6) is 1.09. The van der Waals surface area contributed by atoms with Crippen LogP contribution in [0.4, 0.5) is 30.4 Å². The van der Waals surface area contributed by atoms with Gasteiger partial charge in [0.25, 0.3) is 5.91 Å². The van der Waals surface area contributed by atoms with Crippen molar-refractivity contribution < 1.29 is 18.0 Å². The van der Waals surface area contributed by atoms with E-state index in [1.165, 1.54) is 29.5 Å².